The highest BCUT2D eigenvalue weighted by molar-refractivity contribution is 7.47. The van der Waals surface area contributed by atoms with Gasteiger partial charge >= 0.3 is 13.8 Å². The summed E-state index contributed by atoms with van der Waals surface area (Å²) in [5.41, 5.74) is 0. The van der Waals surface area contributed by atoms with Crippen molar-refractivity contribution >= 4 is 13.8 Å². The molecule has 0 heterocycles. The molecule has 0 aliphatic heterocycles. The summed E-state index contributed by atoms with van der Waals surface area (Å²) >= 11 is 0. The molecule has 0 spiro atoms. The van der Waals surface area contributed by atoms with Gasteiger partial charge in [0.15, 0.2) is 0 Å². The second-order valence-electron chi connectivity index (χ2n) is 18.9. The smallest absolute Gasteiger partial charge is 0.457 e. The van der Waals surface area contributed by atoms with Gasteiger partial charge in [-0.2, -0.15) is 0 Å². The van der Waals surface area contributed by atoms with Crippen LogP contribution in [0.3, 0.4) is 0 Å². The Morgan fingerprint density at radius 3 is 1.35 bits per heavy atom. The first-order valence-electron chi connectivity index (χ1n) is 26.7. The van der Waals surface area contributed by atoms with E-state index >= 15 is 0 Å². The first kappa shape index (κ1) is 62.9. The number of carbonyl (C=O) groups excluding carboxylic acids is 1. The molecular weight excluding hydrogens is 830 g/mol. The molecule has 378 valence electrons. The highest BCUT2D eigenvalue weighted by Gasteiger charge is 2.26. The lowest BCUT2D eigenvalue weighted by Crippen LogP contribution is -2.37. The molecule has 2 unspecified atom stereocenters. The van der Waals surface area contributed by atoms with Gasteiger partial charge in [0.05, 0.1) is 34.4 Å². The highest BCUT2D eigenvalue weighted by atomic mass is 31.2. The second-order valence-corrected chi connectivity index (χ2v) is 20.3. The molecule has 0 aromatic heterocycles. The molecule has 0 aromatic rings. The Balaban J connectivity index is 4.13. The molecule has 0 rings (SSSR count). The van der Waals surface area contributed by atoms with Gasteiger partial charge < -0.3 is 18.9 Å². The Kier molecular flexibility index (Phi) is 46.9. The zero-order valence-corrected chi connectivity index (χ0v) is 43.9. The monoisotopic (exact) mass is 933 g/mol. The van der Waals surface area contributed by atoms with Gasteiger partial charge in [0.25, 0.3) is 0 Å². The minimum absolute atomic E-state index is 0.0755. The zero-order chi connectivity index (χ0) is 47.6. The lowest BCUT2D eigenvalue weighted by Gasteiger charge is -2.24. The number of nitrogens with zero attached hydrogens (tertiary/aromatic N) is 1. The van der Waals surface area contributed by atoms with Crippen LogP contribution in [-0.4, -0.2) is 75.6 Å². The van der Waals surface area contributed by atoms with Crippen LogP contribution >= 0.6 is 7.82 Å². The van der Waals surface area contributed by atoms with Crippen molar-refractivity contribution in [1.82, 2.24) is 0 Å². The van der Waals surface area contributed by atoms with Crippen molar-refractivity contribution in [2.45, 2.75) is 225 Å². The molecule has 0 radical (unpaired) electrons. The van der Waals surface area contributed by atoms with Gasteiger partial charge in [-0.25, -0.2) is 4.57 Å². The summed E-state index contributed by atoms with van der Waals surface area (Å²) < 4.78 is 35.1. The number of unbranched alkanes of at least 4 members (excludes halogenated alkanes) is 23. The maximum atomic E-state index is 12.7. The Hall–Kier alpha value is -2.06. The van der Waals surface area contributed by atoms with E-state index < -0.39 is 13.9 Å². The predicted octanol–water partition coefficient (Wildman–Crippen LogP) is 16.6. The summed E-state index contributed by atoms with van der Waals surface area (Å²) in [5, 5.41) is 0. The standard InChI is InChI=1S/C56H102NO7P/c1-6-8-10-12-14-16-18-20-22-24-25-26-27-28-29-30-31-32-34-36-38-40-42-44-46-48-51-61-53-55(54-63-65(59,60)62-52-50-57(3,4)5)64-56(58)49-47-45-43-41-39-37-35-33-23-21-19-17-15-13-11-9-7-2/h9,11,15,17,21,23-25,35,37,41,43,55H,6-8,10,12-14,16,18-20,22,26-34,36,38-40,42,44-54H2,1-5H3/p+1/b11-9-,17-15-,23-21-,25-24-,37-35-,43-41-. The maximum Gasteiger partial charge on any atom is 0.472 e. The van der Waals surface area contributed by atoms with Gasteiger partial charge in [0.1, 0.15) is 19.3 Å². The quantitative estimate of drug-likeness (QED) is 0.0214. The Morgan fingerprint density at radius 2 is 0.892 bits per heavy atom. The third-order valence-electron chi connectivity index (χ3n) is 11.3. The van der Waals surface area contributed by atoms with E-state index in [1.165, 1.54) is 141 Å². The topological polar surface area (TPSA) is 91.3 Å². The molecule has 8 nitrogen and oxygen atoms in total. The average Bonchev–Trinajstić information content (AvgIpc) is 3.27. The summed E-state index contributed by atoms with van der Waals surface area (Å²) in [7, 11) is 1.63. The van der Waals surface area contributed by atoms with Crippen LogP contribution in [0.25, 0.3) is 0 Å². The predicted molar refractivity (Wildman–Crippen MR) is 279 cm³/mol. The fourth-order valence-corrected chi connectivity index (χ4v) is 7.91. The summed E-state index contributed by atoms with van der Waals surface area (Å²) in [6, 6.07) is 0. The summed E-state index contributed by atoms with van der Waals surface area (Å²) in [6.45, 7) is 5.44. The lowest BCUT2D eigenvalue weighted by atomic mass is 10.0. The fourth-order valence-electron chi connectivity index (χ4n) is 7.17. The van der Waals surface area contributed by atoms with Gasteiger partial charge in [0, 0.05) is 13.0 Å². The van der Waals surface area contributed by atoms with E-state index in [9.17, 15) is 14.3 Å². The largest absolute Gasteiger partial charge is 0.472 e. The number of carbonyl (C=O) groups is 1. The number of allylic oxidation sites excluding steroid dienone is 12. The molecule has 0 bridgehead atoms. The van der Waals surface area contributed by atoms with E-state index in [0.29, 0.717) is 24.1 Å². The third kappa shape index (κ3) is 52.8. The molecule has 0 saturated carbocycles. The van der Waals surface area contributed by atoms with Crippen LogP contribution in [0.5, 0.6) is 0 Å². The molecule has 0 amide bonds. The van der Waals surface area contributed by atoms with Gasteiger partial charge in [-0.1, -0.05) is 209 Å². The Morgan fingerprint density at radius 1 is 0.492 bits per heavy atom. The number of likely N-dealkylation sites (N-methyl/N-ethyl adjacent to an activating group) is 1. The number of phosphoric acid groups is 1. The van der Waals surface area contributed by atoms with Crippen LogP contribution in [0.15, 0.2) is 72.9 Å². The normalized spacial score (nSPS) is 14.1. The maximum absolute atomic E-state index is 12.7. The number of esters is 1. The van der Waals surface area contributed by atoms with Gasteiger partial charge in [-0.15, -0.1) is 0 Å². The van der Waals surface area contributed by atoms with E-state index in [-0.39, 0.29) is 32.2 Å². The minimum atomic E-state index is -4.30. The highest BCUT2D eigenvalue weighted by Crippen LogP contribution is 2.43. The van der Waals surface area contributed by atoms with Crippen LogP contribution in [0, 0.1) is 0 Å². The summed E-state index contributed by atoms with van der Waals surface area (Å²) in [4.78, 5) is 23.0. The Labute approximate surface area is 402 Å². The molecule has 0 aromatic carbocycles. The van der Waals surface area contributed by atoms with Gasteiger partial charge in [-0.3, -0.25) is 13.8 Å². The lowest BCUT2D eigenvalue weighted by molar-refractivity contribution is -0.870. The number of hydrogen-bond donors (Lipinski definition) is 1. The van der Waals surface area contributed by atoms with Crippen LogP contribution in [0.2, 0.25) is 0 Å². The minimum Gasteiger partial charge on any atom is -0.457 e. The van der Waals surface area contributed by atoms with Gasteiger partial charge in [0.2, 0.25) is 0 Å². The number of phosphoric ester groups is 1. The fraction of sp³-hybridized carbons (Fsp3) is 0.768. The van der Waals surface area contributed by atoms with Crippen LogP contribution in [-0.2, 0) is 27.9 Å². The summed E-state index contributed by atoms with van der Waals surface area (Å²) in [5.74, 6) is -0.369. The van der Waals surface area contributed by atoms with E-state index in [1.54, 1.807) is 0 Å². The number of quaternary nitrogens is 1. The van der Waals surface area contributed by atoms with Crippen molar-refractivity contribution in [1.29, 1.82) is 0 Å². The van der Waals surface area contributed by atoms with Crippen LogP contribution in [0.1, 0.15) is 219 Å². The number of rotatable bonds is 49. The van der Waals surface area contributed by atoms with E-state index in [2.05, 4.69) is 86.8 Å². The molecule has 0 aliphatic rings. The van der Waals surface area contributed by atoms with Crippen molar-refractivity contribution in [3.8, 4) is 0 Å². The van der Waals surface area contributed by atoms with Crippen LogP contribution < -0.4 is 0 Å². The molecule has 2 atom stereocenters. The first-order valence-corrected chi connectivity index (χ1v) is 28.2. The van der Waals surface area contributed by atoms with Crippen molar-refractivity contribution < 1.29 is 37.3 Å². The van der Waals surface area contributed by atoms with E-state index in [0.717, 1.165) is 51.4 Å². The van der Waals surface area contributed by atoms with Crippen molar-refractivity contribution in [2.75, 3.05) is 54.1 Å². The van der Waals surface area contributed by atoms with E-state index in [1.807, 2.05) is 21.1 Å². The SMILES string of the molecule is CC/C=C\C/C=C\C/C=C\C/C=C\C/C=C\CCCC(=O)OC(COCCCCCCCCCCCCCCCC/C=C\CCCCCCCCCC)COP(=O)(O)OCC[N+](C)(C)C. The number of ether oxygens (including phenoxy) is 2. The molecular formula is C56H103NO7P+. The van der Waals surface area contributed by atoms with Crippen molar-refractivity contribution in [3.05, 3.63) is 72.9 Å². The molecule has 0 fully saturated rings. The molecule has 0 aliphatic carbocycles. The molecule has 65 heavy (non-hydrogen) atoms. The zero-order valence-electron chi connectivity index (χ0n) is 43.0. The summed E-state index contributed by atoms with van der Waals surface area (Å²) in [6.07, 6.45) is 64.0. The second kappa shape index (κ2) is 48.4. The Bertz CT molecular complexity index is 1270. The van der Waals surface area contributed by atoms with Crippen LogP contribution in [0.4, 0.5) is 0 Å². The third-order valence-corrected chi connectivity index (χ3v) is 12.2. The average molecular weight is 933 g/mol. The van der Waals surface area contributed by atoms with Crippen molar-refractivity contribution in [3.63, 3.8) is 0 Å². The van der Waals surface area contributed by atoms with Crippen molar-refractivity contribution in [2.24, 2.45) is 0 Å². The molecule has 0 saturated heterocycles. The molecule has 9 heteroatoms. The first-order chi connectivity index (χ1) is 31.6. The van der Waals surface area contributed by atoms with E-state index in [4.69, 9.17) is 18.5 Å². The number of hydrogen-bond acceptors (Lipinski definition) is 6. The van der Waals surface area contributed by atoms with Gasteiger partial charge in [-0.05, 0) is 77.0 Å². The molecule has 1 N–H and O–H groups in total.